The normalized spacial score (nSPS) is 9.81. The highest BCUT2D eigenvalue weighted by Crippen LogP contribution is 2.26. The van der Waals surface area contributed by atoms with Crippen LogP contribution in [0.5, 0.6) is 11.5 Å². The van der Waals surface area contributed by atoms with Crippen molar-refractivity contribution < 1.29 is 28.3 Å². The summed E-state index contributed by atoms with van der Waals surface area (Å²) in [5.41, 5.74) is 1.66. The Kier molecular flexibility index (Phi) is 12.3. The van der Waals surface area contributed by atoms with Gasteiger partial charge >= 0.3 is 7.12 Å². The molecular formula is C24H20BCl2F2IN2O4. The van der Waals surface area contributed by atoms with E-state index < -0.39 is 18.8 Å². The van der Waals surface area contributed by atoms with E-state index in [0.29, 0.717) is 10.3 Å². The van der Waals surface area contributed by atoms with Gasteiger partial charge in [0.15, 0.2) is 23.1 Å². The van der Waals surface area contributed by atoms with Crippen LogP contribution < -0.4 is 14.9 Å². The molecule has 2 aromatic heterocycles. The topological polar surface area (TPSA) is 84.7 Å². The quantitative estimate of drug-likeness (QED) is 0.176. The van der Waals surface area contributed by atoms with E-state index in [-0.39, 0.29) is 17.0 Å². The van der Waals surface area contributed by atoms with E-state index in [2.05, 4.69) is 37.3 Å². The first kappa shape index (κ1) is 29.7. The van der Waals surface area contributed by atoms with Gasteiger partial charge in [-0.1, -0.05) is 35.3 Å². The molecule has 0 radical (unpaired) electrons. The van der Waals surface area contributed by atoms with Crippen LogP contribution in [0.1, 0.15) is 0 Å². The maximum absolute atomic E-state index is 13.5. The van der Waals surface area contributed by atoms with Gasteiger partial charge in [0.05, 0.1) is 14.2 Å². The first-order valence-electron chi connectivity index (χ1n) is 10.1. The molecule has 0 unspecified atom stereocenters. The fourth-order valence-electron chi connectivity index (χ4n) is 2.65. The van der Waals surface area contributed by atoms with Gasteiger partial charge in [-0.25, -0.2) is 18.7 Å². The Balaban J connectivity index is 0.000000202. The third kappa shape index (κ3) is 9.51. The zero-order valence-corrected chi connectivity index (χ0v) is 22.7. The summed E-state index contributed by atoms with van der Waals surface area (Å²) in [5.74, 6) is -0.695. The van der Waals surface area contributed by atoms with Crippen molar-refractivity contribution in [1.29, 1.82) is 0 Å². The maximum atomic E-state index is 13.5. The fourth-order valence-corrected chi connectivity index (χ4v) is 3.64. The van der Waals surface area contributed by atoms with E-state index in [4.69, 9.17) is 38.0 Å². The summed E-state index contributed by atoms with van der Waals surface area (Å²) in [7, 11) is 1.12. The largest absolute Gasteiger partial charge is 0.494 e. The molecule has 0 fully saturated rings. The highest BCUT2D eigenvalue weighted by molar-refractivity contribution is 14.1. The van der Waals surface area contributed by atoms with Crippen LogP contribution in [0, 0.1) is 15.2 Å². The number of hydrogen-bond acceptors (Lipinski definition) is 6. The number of pyridine rings is 2. The molecule has 6 nitrogen and oxygen atoms in total. The number of nitrogens with zero attached hydrogens (tertiary/aromatic N) is 2. The minimum absolute atomic E-state index is 0.0828. The highest BCUT2D eigenvalue weighted by atomic mass is 127. The smallest absolute Gasteiger partial charge is 0.488 e. The van der Waals surface area contributed by atoms with Crippen LogP contribution in [-0.2, 0) is 0 Å². The molecule has 0 saturated carbocycles. The van der Waals surface area contributed by atoms with Gasteiger partial charge in [-0.15, -0.1) is 0 Å². The lowest BCUT2D eigenvalue weighted by Crippen LogP contribution is -2.29. The summed E-state index contributed by atoms with van der Waals surface area (Å²) in [5, 5.41) is 18.3. The molecule has 0 amide bonds. The standard InChI is InChI=1S/C12H9ClFNO.C7H8BFO3.C5H3ClIN/c1-16-11-3-2-8(6-10(11)14)9-4-5-15-12(13)7-9;1-12-7-3-2-5(8(10)11)4-6(7)9;6-5-3-4(7)1-2-8-5/h2-7H,1H3;2-4,10-11H,1H3;1-3H. The molecule has 2 N–H and O–H groups in total. The van der Waals surface area contributed by atoms with Crippen molar-refractivity contribution in [3.05, 3.63) is 98.6 Å². The number of hydrogen-bond donors (Lipinski definition) is 2. The van der Waals surface area contributed by atoms with Gasteiger partial charge in [0.1, 0.15) is 10.3 Å². The van der Waals surface area contributed by atoms with Crippen LogP contribution in [-0.4, -0.2) is 41.4 Å². The van der Waals surface area contributed by atoms with Gasteiger partial charge in [0.25, 0.3) is 0 Å². The predicted octanol–water partition coefficient (Wildman–Crippen LogP) is 5.40. The molecular weight excluding hydrogens is 627 g/mol. The van der Waals surface area contributed by atoms with Gasteiger partial charge in [-0.3, -0.25) is 0 Å². The SMILES string of the molecule is COc1ccc(-c2ccnc(Cl)c2)cc1F.COc1ccc(B(O)O)cc1F.Clc1cc(I)ccn1. The lowest BCUT2D eigenvalue weighted by atomic mass is 9.80. The molecule has 4 aromatic rings. The Hall–Kier alpha value is -2.51. The molecule has 0 bridgehead atoms. The Morgan fingerprint density at radius 3 is 1.72 bits per heavy atom. The van der Waals surface area contributed by atoms with E-state index in [0.717, 1.165) is 20.8 Å². The summed E-state index contributed by atoms with van der Waals surface area (Å²) in [6, 6.07) is 15.7. The molecule has 36 heavy (non-hydrogen) atoms. The van der Waals surface area contributed by atoms with Crippen molar-refractivity contribution in [2.24, 2.45) is 0 Å². The molecule has 0 saturated heterocycles. The summed E-state index contributed by atoms with van der Waals surface area (Å²) in [4.78, 5) is 7.67. The van der Waals surface area contributed by atoms with E-state index >= 15 is 0 Å². The van der Waals surface area contributed by atoms with E-state index in [1.807, 2.05) is 12.1 Å². The number of methoxy groups -OCH3 is 2. The average molecular weight is 647 g/mol. The number of rotatable bonds is 4. The molecule has 2 aromatic carbocycles. The minimum Gasteiger partial charge on any atom is -0.494 e. The molecule has 0 aliphatic rings. The Labute approximate surface area is 231 Å². The molecule has 0 aliphatic carbocycles. The second-order valence-corrected chi connectivity index (χ2v) is 8.80. The number of aromatic nitrogens is 2. The second kappa shape index (κ2) is 14.9. The zero-order chi connectivity index (χ0) is 26.7. The third-order valence-electron chi connectivity index (χ3n) is 4.37. The van der Waals surface area contributed by atoms with Gasteiger partial charge in [-0.2, -0.15) is 0 Å². The second-order valence-electron chi connectivity index (χ2n) is 6.78. The molecule has 0 aliphatic heterocycles. The molecule has 2 heterocycles. The molecule has 12 heteroatoms. The van der Waals surface area contributed by atoms with Crippen LogP contribution >= 0.6 is 45.8 Å². The number of benzene rings is 2. The Morgan fingerprint density at radius 1 is 0.750 bits per heavy atom. The van der Waals surface area contributed by atoms with Crippen molar-refractivity contribution in [3.63, 3.8) is 0 Å². The van der Waals surface area contributed by atoms with Crippen molar-refractivity contribution in [2.75, 3.05) is 14.2 Å². The highest BCUT2D eigenvalue weighted by Gasteiger charge is 2.13. The van der Waals surface area contributed by atoms with Crippen molar-refractivity contribution in [2.45, 2.75) is 0 Å². The first-order valence-corrected chi connectivity index (χ1v) is 11.9. The first-order chi connectivity index (χ1) is 17.1. The lowest BCUT2D eigenvalue weighted by Gasteiger charge is -2.05. The van der Waals surface area contributed by atoms with E-state index in [9.17, 15) is 8.78 Å². The maximum Gasteiger partial charge on any atom is 0.488 e. The number of halogens is 5. The van der Waals surface area contributed by atoms with Crippen LogP contribution in [0.4, 0.5) is 8.78 Å². The van der Waals surface area contributed by atoms with Crippen LogP contribution in [0.15, 0.2) is 73.1 Å². The molecule has 188 valence electrons. The summed E-state index contributed by atoms with van der Waals surface area (Å²) in [6.07, 6.45) is 3.27. The lowest BCUT2D eigenvalue weighted by molar-refractivity contribution is 0.386. The molecule has 0 spiro atoms. The average Bonchev–Trinajstić information content (AvgIpc) is 2.84. The summed E-state index contributed by atoms with van der Waals surface area (Å²) in [6.45, 7) is 0. The minimum atomic E-state index is -1.65. The zero-order valence-electron chi connectivity index (χ0n) is 19.0. The summed E-state index contributed by atoms with van der Waals surface area (Å²) >= 11 is 13.5. The van der Waals surface area contributed by atoms with Gasteiger partial charge in [0.2, 0.25) is 0 Å². The van der Waals surface area contributed by atoms with Crippen LogP contribution in [0.3, 0.4) is 0 Å². The van der Waals surface area contributed by atoms with Crippen molar-refractivity contribution >= 4 is 58.4 Å². The monoisotopic (exact) mass is 646 g/mol. The Morgan fingerprint density at radius 2 is 1.28 bits per heavy atom. The van der Waals surface area contributed by atoms with Gasteiger partial charge in [-0.05, 0) is 87.7 Å². The number of ether oxygens (including phenoxy) is 2. The molecule has 4 rings (SSSR count). The van der Waals surface area contributed by atoms with Gasteiger partial charge in [0, 0.05) is 16.0 Å². The van der Waals surface area contributed by atoms with Crippen LogP contribution in [0.25, 0.3) is 11.1 Å². The summed E-state index contributed by atoms with van der Waals surface area (Å²) < 4.78 is 36.9. The predicted molar refractivity (Wildman–Crippen MR) is 146 cm³/mol. The van der Waals surface area contributed by atoms with Crippen molar-refractivity contribution in [1.82, 2.24) is 9.97 Å². The fraction of sp³-hybridized carbons (Fsp3) is 0.0833. The third-order valence-corrected chi connectivity index (χ3v) is 5.46. The van der Waals surface area contributed by atoms with E-state index in [1.54, 1.807) is 36.7 Å². The molecule has 0 atom stereocenters. The van der Waals surface area contributed by atoms with Crippen LogP contribution in [0.2, 0.25) is 10.3 Å². The van der Waals surface area contributed by atoms with Gasteiger partial charge < -0.3 is 19.5 Å². The van der Waals surface area contributed by atoms with Crippen molar-refractivity contribution in [3.8, 4) is 22.6 Å². The Bertz CT molecular complexity index is 1270. The van der Waals surface area contributed by atoms with E-state index in [1.165, 1.54) is 32.4 Å².